The number of anilines is 2. The maximum atomic E-state index is 12.7. The molecule has 2 aromatic rings. The van der Waals surface area contributed by atoms with E-state index in [9.17, 15) is 29.1 Å². The Kier molecular flexibility index (Phi) is 10.2. The molecule has 12 nitrogen and oxygen atoms in total. The van der Waals surface area contributed by atoms with E-state index in [4.69, 9.17) is 4.74 Å². The number of esters is 2. The number of nitrogens with zero attached hydrogens (tertiary/aromatic N) is 2. The van der Waals surface area contributed by atoms with E-state index in [1.165, 1.54) is 56.5 Å². The Morgan fingerprint density at radius 1 is 0.892 bits per heavy atom. The molecule has 0 unspecified atom stereocenters. The zero-order chi connectivity index (χ0) is 27.5. The number of carbonyl (C=O) groups is 5. The van der Waals surface area contributed by atoms with Crippen LogP contribution < -0.4 is 10.6 Å². The number of ketones is 1. The number of hydrogen-bond acceptors (Lipinski definition) is 10. The number of carbonyl (C=O) groups excluding carboxylic acids is 5. The topological polar surface area (TPSA) is 173 Å². The van der Waals surface area contributed by atoms with Crippen molar-refractivity contribution < 1.29 is 38.6 Å². The Morgan fingerprint density at radius 3 is 2.03 bits per heavy atom. The maximum Gasteiger partial charge on any atom is 0.340 e. The van der Waals surface area contributed by atoms with Crippen LogP contribution in [0.3, 0.4) is 0 Å². The summed E-state index contributed by atoms with van der Waals surface area (Å²) in [5, 5.41) is 22.8. The van der Waals surface area contributed by atoms with Gasteiger partial charge in [0.05, 0.1) is 31.8 Å². The summed E-state index contributed by atoms with van der Waals surface area (Å²) >= 11 is 0. The second-order valence-corrected chi connectivity index (χ2v) is 7.50. The standard InChI is InChI=1S/C25H26N4O8/c1-5-18(31)13-21(32)26-16-7-9-17(10-8-16)27-23(33)22(14(2)30)29-28-20-12-15(24(34)36-3)6-11-19(20)25(35)37-4/h6-12,30H,5,13H2,1-4H3,(H,26,32)(H,27,33). The molecule has 0 aliphatic rings. The summed E-state index contributed by atoms with van der Waals surface area (Å²) in [6.07, 6.45) is 0.0285. The van der Waals surface area contributed by atoms with Crippen LogP contribution in [0.15, 0.2) is 64.1 Å². The van der Waals surface area contributed by atoms with Crippen LogP contribution in [0, 0.1) is 0 Å². The molecule has 0 aliphatic carbocycles. The Morgan fingerprint density at radius 2 is 1.49 bits per heavy atom. The van der Waals surface area contributed by atoms with Crippen molar-refractivity contribution >= 4 is 46.6 Å². The van der Waals surface area contributed by atoms with E-state index in [1.807, 2.05) is 0 Å². The van der Waals surface area contributed by atoms with Crippen molar-refractivity contribution in [1.29, 1.82) is 0 Å². The summed E-state index contributed by atoms with van der Waals surface area (Å²) < 4.78 is 9.36. The van der Waals surface area contributed by atoms with Gasteiger partial charge >= 0.3 is 11.9 Å². The van der Waals surface area contributed by atoms with Crippen molar-refractivity contribution in [1.82, 2.24) is 0 Å². The molecule has 0 saturated heterocycles. The molecule has 194 valence electrons. The van der Waals surface area contributed by atoms with Gasteiger partial charge in [0.2, 0.25) is 5.91 Å². The molecule has 2 rings (SSSR count). The molecule has 3 N–H and O–H groups in total. The van der Waals surface area contributed by atoms with Gasteiger partial charge in [-0.3, -0.25) is 14.4 Å². The molecule has 0 radical (unpaired) electrons. The first-order valence-corrected chi connectivity index (χ1v) is 10.9. The number of Topliss-reactive ketones (excluding diaryl/α,β-unsaturated/α-hetero) is 1. The first-order valence-electron chi connectivity index (χ1n) is 10.9. The van der Waals surface area contributed by atoms with Crippen LogP contribution in [0.2, 0.25) is 0 Å². The van der Waals surface area contributed by atoms with Crippen LogP contribution in [0.1, 0.15) is 47.4 Å². The van der Waals surface area contributed by atoms with Gasteiger partial charge in [0.25, 0.3) is 5.91 Å². The van der Waals surface area contributed by atoms with Gasteiger partial charge in [0, 0.05) is 17.8 Å². The lowest BCUT2D eigenvalue weighted by Gasteiger charge is -2.09. The van der Waals surface area contributed by atoms with Gasteiger partial charge in [0.1, 0.15) is 17.2 Å². The number of benzene rings is 2. The molecule has 37 heavy (non-hydrogen) atoms. The Labute approximate surface area is 212 Å². The van der Waals surface area contributed by atoms with E-state index in [2.05, 4.69) is 25.6 Å². The first kappa shape index (κ1) is 28.4. The van der Waals surface area contributed by atoms with E-state index in [1.54, 1.807) is 6.92 Å². The highest BCUT2D eigenvalue weighted by atomic mass is 16.5. The number of ether oxygens (including phenoxy) is 2. The Bertz CT molecular complexity index is 1260. The maximum absolute atomic E-state index is 12.7. The quantitative estimate of drug-likeness (QED) is 0.141. The average molecular weight is 511 g/mol. The fraction of sp³-hybridized carbons (Fsp3) is 0.240. The number of aliphatic hydroxyl groups is 1. The number of allylic oxidation sites excluding steroid dienone is 1. The Hall–Kier alpha value is -4.87. The third-order valence-corrected chi connectivity index (χ3v) is 4.82. The molecule has 0 atom stereocenters. The highest BCUT2D eigenvalue weighted by molar-refractivity contribution is 6.05. The van der Waals surface area contributed by atoms with E-state index in [0.29, 0.717) is 11.4 Å². The molecule has 12 heteroatoms. The monoisotopic (exact) mass is 510 g/mol. The van der Waals surface area contributed by atoms with Crippen LogP contribution in [0.4, 0.5) is 17.1 Å². The fourth-order valence-electron chi connectivity index (χ4n) is 2.86. The van der Waals surface area contributed by atoms with E-state index < -0.39 is 35.2 Å². The summed E-state index contributed by atoms with van der Waals surface area (Å²) in [5.41, 5.74) is 0.210. The van der Waals surface area contributed by atoms with Crippen molar-refractivity contribution in [2.45, 2.75) is 26.7 Å². The minimum atomic E-state index is -0.821. The van der Waals surface area contributed by atoms with Crippen molar-refractivity contribution in [2.24, 2.45) is 10.2 Å². The molecule has 0 heterocycles. The number of methoxy groups -OCH3 is 2. The van der Waals surface area contributed by atoms with Gasteiger partial charge < -0.3 is 25.2 Å². The van der Waals surface area contributed by atoms with E-state index in [-0.39, 0.29) is 35.4 Å². The Balaban J connectivity index is 2.22. The van der Waals surface area contributed by atoms with Crippen molar-refractivity contribution in [3.63, 3.8) is 0 Å². The number of rotatable bonds is 10. The minimum Gasteiger partial charge on any atom is -0.510 e. The summed E-state index contributed by atoms with van der Waals surface area (Å²) in [4.78, 5) is 59.9. The van der Waals surface area contributed by atoms with E-state index in [0.717, 1.165) is 7.11 Å². The molecular weight excluding hydrogens is 484 g/mol. The second-order valence-electron chi connectivity index (χ2n) is 7.50. The van der Waals surface area contributed by atoms with Crippen molar-refractivity contribution in [3.8, 4) is 0 Å². The summed E-state index contributed by atoms with van der Waals surface area (Å²) in [6.45, 7) is 2.89. The number of amides is 2. The molecule has 0 bridgehead atoms. The van der Waals surface area contributed by atoms with Crippen LogP contribution in [-0.2, 0) is 23.9 Å². The van der Waals surface area contributed by atoms with E-state index >= 15 is 0 Å². The molecule has 0 saturated carbocycles. The largest absolute Gasteiger partial charge is 0.510 e. The number of azo groups is 1. The lowest BCUT2D eigenvalue weighted by molar-refractivity contribution is -0.125. The van der Waals surface area contributed by atoms with Crippen molar-refractivity contribution in [2.75, 3.05) is 24.9 Å². The summed E-state index contributed by atoms with van der Waals surface area (Å²) in [6, 6.07) is 9.87. The second kappa shape index (κ2) is 13.3. The normalized spacial score (nSPS) is 11.4. The molecule has 0 aromatic heterocycles. The average Bonchev–Trinajstić information content (AvgIpc) is 2.88. The summed E-state index contributed by atoms with van der Waals surface area (Å²) in [5.74, 6) is -3.37. The predicted octanol–water partition coefficient (Wildman–Crippen LogP) is 4.08. The zero-order valence-electron chi connectivity index (χ0n) is 20.7. The molecule has 0 spiro atoms. The lowest BCUT2D eigenvalue weighted by Crippen LogP contribution is -2.16. The van der Waals surface area contributed by atoms with Crippen LogP contribution >= 0.6 is 0 Å². The fourth-order valence-corrected chi connectivity index (χ4v) is 2.86. The molecule has 2 aromatic carbocycles. The van der Waals surface area contributed by atoms with Crippen LogP contribution in [0.25, 0.3) is 0 Å². The lowest BCUT2D eigenvalue weighted by atomic mass is 10.1. The third kappa shape index (κ3) is 8.09. The van der Waals surface area contributed by atoms with Gasteiger partial charge in [-0.2, -0.15) is 0 Å². The van der Waals surface area contributed by atoms with Gasteiger partial charge in [-0.1, -0.05) is 6.92 Å². The van der Waals surface area contributed by atoms with Gasteiger partial charge in [0.15, 0.2) is 5.70 Å². The number of nitrogens with one attached hydrogen (secondary N) is 2. The highest BCUT2D eigenvalue weighted by Gasteiger charge is 2.18. The molecule has 0 fully saturated rings. The molecular formula is C25H26N4O8. The third-order valence-electron chi connectivity index (χ3n) is 4.82. The van der Waals surface area contributed by atoms with Crippen LogP contribution in [-0.4, -0.2) is 48.9 Å². The molecule has 0 aliphatic heterocycles. The first-order chi connectivity index (χ1) is 17.6. The molecule has 2 amide bonds. The predicted molar refractivity (Wildman–Crippen MR) is 133 cm³/mol. The number of hydrogen-bond donors (Lipinski definition) is 3. The minimum absolute atomic E-state index is 0.0347. The van der Waals surface area contributed by atoms with Gasteiger partial charge in [-0.05, 0) is 49.4 Å². The highest BCUT2D eigenvalue weighted by Crippen LogP contribution is 2.25. The van der Waals surface area contributed by atoms with Crippen LogP contribution in [0.5, 0.6) is 0 Å². The SMILES string of the molecule is CCC(=O)CC(=O)Nc1ccc(NC(=O)C(N=Nc2cc(C(=O)OC)ccc2C(=O)OC)=C(C)O)cc1. The van der Waals surface area contributed by atoms with Gasteiger partial charge in [-0.15, -0.1) is 10.2 Å². The zero-order valence-corrected chi connectivity index (χ0v) is 20.7. The van der Waals surface area contributed by atoms with Gasteiger partial charge in [-0.25, -0.2) is 9.59 Å². The smallest absolute Gasteiger partial charge is 0.340 e. The summed E-state index contributed by atoms with van der Waals surface area (Å²) in [7, 11) is 2.35. The number of aliphatic hydroxyl groups excluding tert-OH is 1. The van der Waals surface area contributed by atoms with Crippen molar-refractivity contribution in [3.05, 3.63) is 65.0 Å².